The summed E-state index contributed by atoms with van der Waals surface area (Å²) < 4.78 is 7.16. The van der Waals surface area contributed by atoms with Gasteiger partial charge in [0.25, 0.3) is 0 Å². The Bertz CT molecular complexity index is 1250. The van der Waals surface area contributed by atoms with Crippen LogP contribution in [0.4, 0.5) is 16.2 Å². The molecule has 2 aromatic heterocycles. The fourth-order valence-corrected chi connectivity index (χ4v) is 4.18. The Kier molecular flexibility index (Phi) is 7.34. The van der Waals surface area contributed by atoms with Crippen LogP contribution >= 0.6 is 11.8 Å². The molecular formula is C25H25N5O3S. The highest BCUT2D eigenvalue weighted by molar-refractivity contribution is 7.99. The summed E-state index contributed by atoms with van der Waals surface area (Å²) in [6.45, 7) is 4.41. The summed E-state index contributed by atoms with van der Waals surface area (Å²) >= 11 is 1.37. The number of nitrogens with one attached hydrogen (secondary N) is 3. The van der Waals surface area contributed by atoms with E-state index in [0.717, 1.165) is 10.8 Å². The van der Waals surface area contributed by atoms with Gasteiger partial charge in [-0.25, -0.2) is 9.78 Å². The maximum atomic E-state index is 12.5. The monoisotopic (exact) mass is 475 g/mol. The number of carbonyl (C=O) groups is 2. The van der Waals surface area contributed by atoms with Crippen molar-refractivity contribution in [2.75, 3.05) is 16.4 Å². The molecule has 9 heteroatoms. The molecule has 174 valence electrons. The SMILES string of the molecule is Cc1cc(C)cc(-n2ccnc2SCC(=O)Nc2ccc(NC(=O)NCc3ccco3)cc2)c1. The van der Waals surface area contributed by atoms with Gasteiger partial charge in [-0.15, -0.1) is 0 Å². The molecule has 0 aliphatic carbocycles. The molecule has 2 aromatic carbocycles. The van der Waals surface area contributed by atoms with Crippen LogP contribution in [0.1, 0.15) is 16.9 Å². The van der Waals surface area contributed by atoms with E-state index in [4.69, 9.17) is 4.42 Å². The highest BCUT2D eigenvalue weighted by Crippen LogP contribution is 2.22. The number of hydrogen-bond acceptors (Lipinski definition) is 5. The molecule has 2 heterocycles. The third kappa shape index (κ3) is 6.29. The van der Waals surface area contributed by atoms with Gasteiger partial charge in [0, 0.05) is 29.5 Å². The fourth-order valence-electron chi connectivity index (χ4n) is 3.40. The molecule has 3 amide bonds. The molecule has 0 bridgehead atoms. The van der Waals surface area contributed by atoms with Crippen molar-refractivity contribution in [1.29, 1.82) is 0 Å². The number of thioether (sulfide) groups is 1. The van der Waals surface area contributed by atoms with Gasteiger partial charge in [-0.1, -0.05) is 17.8 Å². The van der Waals surface area contributed by atoms with E-state index in [1.807, 2.05) is 10.8 Å². The number of urea groups is 1. The highest BCUT2D eigenvalue weighted by atomic mass is 32.2. The smallest absolute Gasteiger partial charge is 0.319 e. The van der Waals surface area contributed by atoms with Gasteiger partial charge in [-0.3, -0.25) is 9.36 Å². The van der Waals surface area contributed by atoms with Crippen LogP contribution in [-0.4, -0.2) is 27.2 Å². The molecule has 0 unspecified atom stereocenters. The standard InChI is InChI=1S/C25H25N5O3S/c1-17-12-18(2)14-21(13-17)30-10-9-26-25(30)34-16-23(31)28-19-5-7-20(8-6-19)29-24(32)27-15-22-4-3-11-33-22/h3-14H,15-16H2,1-2H3,(H,28,31)(H2,27,29,32). The van der Waals surface area contributed by atoms with Crippen LogP contribution in [0, 0.1) is 13.8 Å². The number of aryl methyl sites for hydroxylation is 2. The molecule has 0 saturated heterocycles. The van der Waals surface area contributed by atoms with Gasteiger partial charge in [0.2, 0.25) is 5.91 Å². The molecule has 0 radical (unpaired) electrons. The first-order chi connectivity index (χ1) is 16.5. The summed E-state index contributed by atoms with van der Waals surface area (Å²) in [6, 6.07) is 16.4. The summed E-state index contributed by atoms with van der Waals surface area (Å²) in [6.07, 6.45) is 5.18. The van der Waals surface area contributed by atoms with Crippen molar-refractivity contribution in [3.05, 3.63) is 90.1 Å². The second-order valence-corrected chi connectivity index (χ2v) is 8.67. The Morgan fingerprint density at radius 3 is 2.38 bits per heavy atom. The zero-order valence-corrected chi connectivity index (χ0v) is 19.7. The zero-order chi connectivity index (χ0) is 23.9. The average Bonchev–Trinajstić information content (AvgIpc) is 3.49. The van der Waals surface area contributed by atoms with Crippen molar-refractivity contribution >= 4 is 35.1 Å². The lowest BCUT2D eigenvalue weighted by Gasteiger charge is -2.10. The van der Waals surface area contributed by atoms with Crippen LogP contribution < -0.4 is 16.0 Å². The van der Waals surface area contributed by atoms with Crippen molar-refractivity contribution in [2.24, 2.45) is 0 Å². The summed E-state index contributed by atoms with van der Waals surface area (Å²) in [5.74, 6) is 0.746. The predicted molar refractivity (Wildman–Crippen MR) is 133 cm³/mol. The minimum absolute atomic E-state index is 0.142. The van der Waals surface area contributed by atoms with E-state index in [1.54, 1.807) is 48.9 Å². The maximum absolute atomic E-state index is 12.5. The average molecular weight is 476 g/mol. The first-order valence-corrected chi connectivity index (χ1v) is 11.7. The van der Waals surface area contributed by atoms with Gasteiger partial charge in [0.1, 0.15) is 5.76 Å². The number of amides is 3. The molecule has 3 N–H and O–H groups in total. The summed E-state index contributed by atoms with van der Waals surface area (Å²) in [7, 11) is 0. The van der Waals surface area contributed by atoms with E-state index in [1.165, 1.54) is 22.9 Å². The molecule has 0 aliphatic rings. The second-order valence-electron chi connectivity index (χ2n) is 7.73. The number of benzene rings is 2. The highest BCUT2D eigenvalue weighted by Gasteiger charge is 2.11. The van der Waals surface area contributed by atoms with Crippen LogP contribution in [0.2, 0.25) is 0 Å². The third-order valence-electron chi connectivity index (χ3n) is 4.85. The van der Waals surface area contributed by atoms with Gasteiger partial charge >= 0.3 is 6.03 Å². The van der Waals surface area contributed by atoms with E-state index in [2.05, 4.69) is 53.0 Å². The quantitative estimate of drug-likeness (QED) is 0.307. The minimum atomic E-state index is -0.344. The number of imidazole rings is 1. The zero-order valence-electron chi connectivity index (χ0n) is 18.9. The van der Waals surface area contributed by atoms with Crippen LogP contribution in [0.15, 0.2) is 82.8 Å². The van der Waals surface area contributed by atoms with Crippen LogP contribution in [0.3, 0.4) is 0 Å². The Balaban J connectivity index is 1.27. The van der Waals surface area contributed by atoms with E-state index in [9.17, 15) is 9.59 Å². The molecule has 4 rings (SSSR count). The molecule has 8 nitrogen and oxygen atoms in total. The number of anilines is 2. The fraction of sp³-hybridized carbons (Fsp3) is 0.160. The normalized spacial score (nSPS) is 10.6. The molecule has 0 spiro atoms. The van der Waals surface area contributed by atoms with Crippen LogP contribution in [0.5, 0.6) is 0 Å². The molecule has 4 aromatic rings. The number of carbonyl (C=O) groups excluding carboxylic acids is 2. The molecule has 0 saturated carbocycles. The van der Waals surface area contributed by atoms with Gasteiger partial charge in [0.05, 0.1) is 18.6 Å². The summed E-state index contributed by atoms with van der Waals surface area (Å²) in [5, 5.41) is 9.07. The summed E-state index contributed by atoms with van der Waals surface area (Å²) in [5.41, 5.74) is 4.62. The second kappa shape index (κ2) is 10.8. The Labute approximate surface area is 201 Å². The number of nitrogens with zero attached hydrogens (tertiary/aromatic N) is 2. The lowest BCUT2D eigenvalue weighted by atomic mass is 10.1. The Morgan fingerprint density at radius 2 is 1.71 bits per heavy atom. The minimum Gasteiger partial charge on any atom is -0.467 e. The lowest BCUT2D eigenvalue weighted by molar-refractivity contribution is -0.113. The molecule has 34 heavy (non-hydrogen) atoms. The van der Waals surface area contributed by atoms with E-state index >= 15 is 0 Å². The van der Waals surface area contributed by atoms with Crippen LogP contribution in [-0.2, 0) is 11.3 Å². The van der Waals surface area contributed by atoms with Crippen molar-refractivity contribution < 1.29 is 14.0 Å². The number of furan rings is 1. The van der Waals surface area contributed by atoms with Crippen molar-refractivity contribution in [3.8, 4) is 5.69 Å². The van der Waals surface area contributed by atoms with E-state index in [0.29, 0.717) is 23.7 Å². The maximum Gasteiger partial charge on any atom is 0.319 e. The lowest BCUT2D eigenvalue weighted by Crippen LogP contribution is -2.27. The molecule has 0 atom stereocenters. The van der Waals surface area contributed by atoms with Crippen molar-refractivity contribution in [2.45, 2.75) is 25.5 Å². The predicted octanol–water partition coefficient (Wildman–Crippen LogP) is 5.13. The van der Waals surface area contributed by atoms with Crippen molar-refractivity contribution in [3.63, 3.8) is 0 Å². The first-order valence-electron chi connectivity index (χ1n) is 10.7. The molecular weight excluding hydrogens is 450 g/mol. The number of aromatic nitrogens is 2. The van der Waals surface area contributed by atoms with E-state index in [-0.39, 0.29) is 17.7 Å². The van der Waals surface area contributed by atoms with E-state index < -0.39 is 0 Å². The van der Waals surface area contributed by atoms with Crippen LogP contribution in [0.25, 0.3) is 5.69 Å². The van der Waals surface area contributed by atoms with Gasteiger partial charge in [-0.2, -0.15) is 0 Å². The number of hydrogen-bond donors (Lipinski definition) is 3. The Hall–Kier alpha value is -3.98. The molecule has 0 fully saturated rings. The van der Waals surface area contributed by atoms with Gasteiger partial charge in [-0.05, 0) is 73.5 Å². The largest absolute Gasteiger partial charge is 0.467 e. The third-order valence-corrected chi connectivity index (χ3v) is 5.82. The van der Waals surface area contributed by atoms with Gasteiger partial charge in [0.15, 0.2) is 5.16 Å². The molecule has 0 aliphatic heterocycles. The number of rotatable bonds is 8. The first kappa shape index (κ1) is 23.2. The topological polar surface area (TPSA) is 101 Å². The van der Waals surface area contributed by atoms with Crippen molar-refractivity contribution in [1.82, 2.24) is 14.9 Å². The Morgan fingerprint density at radius 1 is 1.00 bits per heavy atom. The van der Waals surface area contributed by atoms with Gasteiger partial charge < -0.3 is 20.4 Å². The summed E-state index contributed by atoms with van der Waals surface area (Å²) in [4.78, 5) is 28.9.